The van der Waals surface area contributed by atoms with Crippen molar-refractivity contribution in [3.8, 4) is 5.75 Å². The van der Waals surface area contributed by atoms with Crippen LogP contribution in [0.4, 0.5) is 17.6 Å². The number of hydrogen-bond acceptors (Lipinski definition) is 2. The van der Waals surface area contributed by atoms with Gasteiger partial charge in [0, 0.05) is 6.42 Å². The maximum absolute atomic E-state index is 14.2. The third-order valence-corrected chi connectivity index (χ3v) is 4.10. The minimum Gasteiger partial charge on any atom is -0.494 e. The maximum atomic E-state index is 14.2. The van der Waals surface area contributed by atoms with Gasteiger partial charge in [-0.25, -0.2) is 4.39 Å². The van der Waals surface area contributed by atoms with Crippen molar-refractivity contribution < 1.29 is 27.0 Å². The zero-order valence-corrected chi connectivity index (χ0v) is 13.5. The van der Waals surface area contributed by atoms with Crippen LogP contribution in [-0.2, 0) is 10.8 Å². The van der Waals surface area contributed by atoms with Crippen molar-refractivity contribution in [3.63, 3.8) is 0 Å². The molecule has 0 spiro atoms. The van der Waals surface area contributed by atoms with Crippen LogP contribution in [0, 0.1) is 17.6 Å². The van der Waals surface area contributed by atoms with Crippen LogP contribution >= 0.6 is 0 Å². The summed E-state index contributed by atoms with van der Waals surface area (Å²) in [6.45, 7) is 3.66. The molecule has 0 bridgehead atoms. The molecule has 1 aliphatic carbocycles. The summed E-state index contributed by atoms with van der Waals surface area (Å²) in [5.41, 5.74) is -1.14. The lowest BCUT2D eigenvalue weighted by atomic mass is 9.89. The lowest BCUT2D eigenvalue weighted by Gasteiger charge is -2.26. The van der Waals surface area contributed by atoms with Crippen LogP contribution in [-0.4, -0.2) is 7.11 Å². The lowest BCUT2D eigenvalue weighted by molar-refractivity contribution is -0.228. The standard InChI is InChI=1S/C18H20F4O2/c1-3-4-5-12-6-8-13(9-7-12)24-18(21,22)14-10-11-15(23-2)17(20)16(14)19/h3,8,10-12H,1,4-7,9H2,2H3. The van der Waals surface area contributed by atoms with Crippen molar-refractivity contribution in [2.75, 3.05) is 7.11 Å². The Morgan fingerprint density at radius 3 is 2.62 bits per heavy atom. The molecule has 1 aromatic carbocycles. The molecule has 1 aromatic rings. The summed E-state index contributed by atoms with van der Waals surface area (Å²) in [4.78, 5) is 0. The first-order valence-electron chi connectivity index (χ1n) is 7.78. The van der Waals surface area contributed by atoms with Gasteiger partial charge in [-0.2, -0.15) is 13.2 Å². The number of rotatable bonds is 7. The average Bonchev–Trinajstić information content (AvgIpc) is 2.56. The highest BCUT2D eigenvalue weighted by molar-refractivity contribution is 5.32. The summed E-state index contributed by atoms with van der Waals surface area (Å²) < 4.78 is 65.1. The van der Waals surface area contributed by atoms with Gasteiger partial charge < -0.3 is 9.47 Å². The number of allylic oxidation sites excluding steroid dienone is 3. The Bertz CT molecular complexity index is 626. The van der Waals surface area contributed by atoms with E-state index >= 15 is 0 Å². The molecule has 24 heavy (non-hydrogen) atoms. The second kappa shape index (κ2) is 7.73. The minimum atomic E-state index is -3.95. The number of hydrogen-bond donors (Lipinski definition) is 0. The fraction of sp³-hybridized carbons (Fsp3) is 0.444. The van der Waals surface area contributed by atoms with E-state index in [-0.39, 0.29) is 5.76 Å². The predicted molar refractivity (Wildman–Crippen MR) is 82.7 cm³/mol. The molecule has 132 valence electrons. The molecule has 2 rings (SSSR count). The van der Waals surface area contributed by atoms with Gasteiger partial charge in [0.05, 0.1) is 12.9 Å². The van der Waals surface area contributed by atoms with E-state index in [1.54, 1.807) is 6.08 Å². The molecule has 0 heterocycles. The summed E-state index contributed by atoms with van der Waals surface area (Å²) in [7, 11) is 1.13. The van der Waals surface area contributed by atoms with Crippen molar-refractivity contribution >= 4 is 0 Å². The Morgan fingerprint density at radius 1 is 1.29 bits per heavy atom. The van der Waals surface area contributed by atoms with E-state index in [2.05, 4.69) is 16.1 Å². The Hall–Kier alpha value is -1.98. The first-order valence-corrected chi connectivity index (χ1v) is 7.78. The minimum absolute atomic E-state index is 0.102. The van der Waals surface area contributed by atoms with Crippen molar-refractivity contribution in [1.82, 2.24) is 0 Å². The van der Waals surface area contributed by atoms with E-state index in [4.69, 9.17) is 0 Å². The van der Waals surface area contributed by atoms with Gasteiger partial charge in [-0.05, 0) is 49.8 Å². The lowest BCUT2D eigenvalue weighted by Crippen LogP contribution is -2.22. The normalized spacial score (nSPS) is 18.0. The third-order valence-electron chi connectivity index (χ3n) is 4.10. The number of halogens is 4. The molecule has 0 saturated heterocycles. The highest BCUT2D eigenvalue weighted by Crippen LogP contribution is 2.39. The van der Waals surface area contributed by atoms with Gasteiger partial charge in [-0.15, -0.1) is 6.58 Å². The van der Waals surface area contributed by atoms with Crippen LogP contribution in [0.5, 0.6) is 5.75 Å². The summed E-state index contributed by atoms with van der Waals surface area (Å²) in [6, 6.07) is 1.72. The zero-order chi connectivity index (χ0) is 17.7. The number of ether oxygens (including phenoxy) is 2. The largest absolute Gasteiger partial charge is 0.494 e. The van der Waals surface area contributed by atoms with Crippen molar-refractivity contribution in [2.45, 2.75) is 38.2 Å². The molecular formula is C18H20F4O2. The Morgan fingerprint density at radius 2 is 2.04 bits per heavy atom. The van der Waals surface area contributed by atoms with Gasteiger partial charge in [0.25, 0.3) is 0 Å². The summed E-state index contributed by atoms with van der Waals surface area (Å²) in [5, 5.41) is 0. The molecule has 0 radical (unpaired) electrons. The SMILES string of the molecule is C=CCCC1CC=C(OC(F)(F)c2ccc(OC)c(F)c2F)CC1. The first kappa shape index (κ1) is 18.4. The van der Waals surface area contributed by atoms with Gasteiger partial charge in [-0.3, -0.25) is 0 Å². The Kier molecular flexibility index (Phi) is 5.91. The first-order chi connectivity index (χ1) is 11.4. The van der Waals surface area contributed by atoms with Crippen LogP contribution in [0.2, 0.25) is 0 Å². The highest BCUT2D eigenvalue weighted by atomic mass is 19.3. The van der Waals surface area contributed by atoms with E-state index in [0.29, 0.717) is 18.8 Å². The van der Waals surface area contributed by atoms with Crippen LogP contribution in [0.3, 0.4) is 0 Å². The van der Waals surface area contributed by atoms with Crippen LogP contribution < -0.4 is 4.74 Å². The van der Waals surface area contributed by atoms with E-state index in [1.165, 1.54) is 0 Å². The quantitative estimate of drug-likeness (QED) is 0.467. The molecule has 0 aliphatic heterocycles. The van der Waals surface area contributed by atoms with Crippen molar-refractivity contribution in [1.29, 1.82) is 0 Å². The van der Waals surface area contributed by atoms with E-state index in [9.17, 15) is 17.6 Å². The van der Waals surface area contributed by atoms with Gasteiger partial charge in [0.1, 0.15) is 5.56 Å². The van der Waals surface area contributed by atoms with E-state index < -0.39 is 29.1 Å². The van der Waals surface area contributed by atoms with Crippen LogP contribution in [0.25, 0.3) is 0 Å². The molecular weight excluding hydrogens is 324 g/mol. The van der Waals surface area contributed by atoms with Crippen molar-refractivity contribution in [2.24, 2.45) is 5.92 Å². The molecule has 6 heteroatoms. The Balaban J connectivity index is 2.10. The molecule has 0 saturated carbocycles. The molecule has 1 aliphatic rings. The maximum Gasteiger partial charge on any atom is 0.429 e. The van der Waals surface area contributed by atoms with E-state index in [0.717, 1.165) is 38.5 Å². The van der Waals surface area contributed by atoms with E-state index in [1.807, 2.05) is 6.08 Å². The fourth-order valence-electron chi connectivity index (χ4n) is 2.71. The Labute approximate surface area is 138 Å². The molecule has 1 atom stereocenters. The van der Waals surface area contributed by atoms with Crippen LogP contribution in [0.15, 0.2) is 36.6 Å². The number of alkyl halides is 2. The van der Waals surface area contributed by atoms with Gasteiger partial charge in [0.15, 0.2) is 11.6 Å². The summed E-state index contributed by atoms with van der Waals surface area (Å²) in [5.74, 6) is -3.06. The van der Waals surface area contributed by atoms with Gasteiger partial charge >= 0.3 is 6.11 Å². The second-order valence-corrected chi connectivity index (χ2v) is 5.74. The summed E-state index contributed by atoms with van der Waals surface area (Å²) in [6.07, 6.45) is 2.99. The topological polar surface area (TPSA) is 18.5 Å². The smallest absolute Gasteiger partial charge is 0.429 e. The average molecular weight is 344 g/mol. The molecule has 0 N–H and O–H groups in total. The number of methoxy groups -OCH3 is 1. The van der Waals surface area contributed by atoms with Gasteiger partial charge in [-0.1, -0.05) is 6.08 Å². The highest BCUT2D eigenvalue weighted by Gasteiger charge is 2.40. The second-order valence-electron chi connectivity index (χ2n) is 5.74. The molecule has 0 fully saturated rings. The third kappa shape index (κ3) is 4.10. The molecule has 0 amide bonds. The van der Waals surface area contributed by atoms with Crippen LogP contribution in [0.1, 0.15) is 37.7 Å². The fourth-order valence-corrected chi connectivity index (χ4v) is 2.71. The predicted octanol–water partition coefficient (Wildman–Crippen LogP) is 5.69. The molecule has 1 unspecified atom stereocenters. The monoisotopic (exact) mass is 344 g/mol. The molecule has 2 nitrogen and oxygen atoms in total. The van der Waals surface area contributed by atoms with Gasteiger partial charge in [0.2, 0.25) is 5.82 Å². The van der Waals surface area contributed by atoms with Crippen molar-refractivity contribution in [3.05, 3.63) is 53.8 Å². The molecule has 0 aromatic heterocycles. The number of benzene rings is 1. The zero-order valence-electron chi connectivity index (χ0n) is 13.5. The summed E-state index contributed by atoms with van der Waals surface area (Å²) >= 11 is 0.